The van der Waals surface area contributed by atoms with Gasteiger partial charge < -0.3 is 15.7 Å². The number of thioether (sulfide) groups is 1. The highest BCUT2D eigenvalue weighted by Gasteiger charge is 2.34. The van der Waals surface area contributed by atoms with Gasteiger partial charge in [0, 0.05) is 25.0 Å². The summed E-state index contributed by atoms with van der Waals surface area (Å²) in [6.07, 6.45) is 4.13. The fraction of sp³-hybridized carbons (Fsp3) is 0.600. The minimum absolute atomic E-state index is 0.0333. The molecule has 1 fully saturated rings. The number of carboxylic acid groups (broad SMARTS) is 1. The maximum atomic E-state index is 13.3. The van der Waals surface area contributed by atoms with Crippen molar-refractivity contribution in [1.82, 2.24) is 10.6 Å². The monoisotopic (exact) mass is 476 g/mol. The molecule has 182 valence electrons. The van der Waals surface area contributed by atoms with Gasteiger partial charge in [0.1, 0.15) is 12.1 Å². The summed E-state index contributed by atoms with van der Waals surface area (Å²) >= 11 is 1.24. The maximum Gasteiger partial charge on any atom is 0.326 e. The molecule has 7 nitrogen and oxygen atoms in total. The summed E-state index contributed by atoms with van der Waals surface area (Å²) in [5, 5.41) is 15.1. The first-order valence-corrected chi connectivity index (χ1v) is 12.7. The number of carboxylic acids is 1. The molecule has 0 bridgehead atoms. The lowest BCUT2D eigenvalue weighted by atomic mass is 9.79. The fourth-order valence-electron chi connectivity index (χ4n) is 4.28. The van der Waals surface area contributed by atoms with Crippen LogP contribution in [0.2, 0.25) is 0 Å². The minimum Gasteiger partial charge on any atom is -0.480 e. The van der Waals surface area contributed by atoms with E-state index in [0.717, 1.165) is 31.2 Å². The molecular formula is C25H36N2O5S. The van der Waals surface area contributed by atoms with Crippen LogP contribution >= 0.6 is 11.8 Å². The Morgan fingerprint density at radius 2 is 1.70 bits per heavy atom. The Hall–Kier alpha value is -2.35. The van der Waals surface area contributed by atoms with E-state index in [2.05, 4.69) is 10.6 Å². The number of hydrogen-bond donors (Lipinski definition) is 3. The number of benzene rings is 1. The van der Waals surface area contributed by atoms with Crippen molar-refractivity contribution in [2.75, 3.05) is 5.75 Å². The van der Waals surface area contributed by atoms with Crippen molar-refractivity contribution in [2.24, 2.45) is 17.8 Å². The highest BCUT2D eigenvalue weighted by atomic mass is 32.2. The molecule has 0 saturated heterocycles. The van der Waals surface area contributed by atoms with Crippen molar-refractivity contribution in [3.63, 3.8) is 0 Å². The van der Waals surface area contributed by atoms with Crippen molar-refractivity contribution in [2.45, 2.75) is 71.4 Å². The molecule has 4 atom stereocenters. The number of aliphatic carboxylic acids is 1. The molecule has 0 aliphatic heterocycles. The van der Waals surface area contributed by atoms with E-state index in [1.807, 2.05) is 44.2 Å². The molecule has 2 rings (SSSR count). The smallest absolute Gasteiger partial charge is 0.326 e. The molecular weight excluding hydrogens is 440 g/mol. The zero-order chi connectivity index (χ0) is 24.4. The van der Waals surface area contributed by atoms with E-state index in [1.165, 1.54) is 18.7 Å². The average molecular weight is 477 g/mol. The predicted molar refractivity (Wildman–Crippen MR) is 130 cm³/mol. The van der Waals surface area contributed by atoms with Crippen LogP contribution in [-0.2, 0) is 25.6 Å². The van der Waals surface area contributed by atoms with Crippen LogP contribution in [0.4, 0.5) is 0 Å². The van der Waals surface area contributed by atoms with Crippen molar-refractivity contribution < 1.29 is 24.3 Å². The summed E-state index contributed by atoms with van der Waals surface area (Å²) in [7, 11) is 0. The number of nitrogens with one attached hydrogen (secondary N) is 2. The Balaban J connectivity index is 2.16. The topological polar surface area (TPSA) is 113 Å². The molecule has 33 heavy (non-hydrogen) atoms. The van der Waals surface area contributed by atoms with Gasteiger partial charge in [-0.15, -0.1) is 0 Å². The second-order valence-corrected chi connectivity index (χ2v) is 10.4. The molecule has 0 unspecified atom stereocenters. The van der Waals surface area contributed by atoms with Crippen LogP contribution in [-0.4, -0.2) is 45.8 Å². The maximum absolute atomic E-state index is 13.3. The number of amides is 2. The van der Waals surface area contributed by atoms with Gasteiger partial charge in [0.2, 0.25) is 11.8 Å². The Kier molecular flexibility index (Phi) is 10.9. The quantitative estimate of drug-likeness (QED) is 0.451. The summed E-state index contributed by atoms with van der Waals surface area (Å²) in [5.41, 5.74) is 0.876. The van der Waals surface area contributed by atoms with Crippen molar-refractivity contribution in [1.29, 1.82) is 0 Å². The first-order valence-electron chi connectivity index (χ1n) is 11.7. The molecule has 1 aliphatic carbocycles. The zero-order valence-electron chi connectivity index (χ0n) is 19.7. The first-order chi connectivity index (χ1) is 15.7. The van der Waals surface area contributed by atoms with E-state index >= 15 is 0 Å². The van der Waals surface area contributed by atoms with Crippen LogP contribution < -0.4 is 10.6 Å². The lowest BCUT2D eigenvalue weighted by Crippen LogP contribution is -2.54. The van der Waals surface area contributed by atoms with Crippen LogP contribution in [0, 0.1) is 17.8 Å². The predicted octanol–water partition coefficient (Wildman–Crippen LogP) is 3.42. The van der Waals surface area contributed by atoms with Crippen LogP contribution in [0.1, 0.15) is 58.4 Å². The Morgan fingerprint density at radius 3 is 2.30 bits per heavy atom. The molecule has 8 heteroatoms. The van der Waals surface area contributed by atoms with Gasteiger partial charge in [-0.2, -0.15) is 0 Å². The van der Waals surface area contributed by atoms with Gasteiger partial charge >= 0.3 is 5.97 Å². The largest absolute Gasteiger partial charge is 0.480 e. The molecule has 0 heterocycles. The van der Waals surface area contributed by atoms with E-state index in [4.69, 9.17) is 0 Å². The van der Waals surface area contributed by atoms with Gasteiger partial charge in [-0.25, -0.2) is 4.79 Å². The van der Waals surface area contributed by atoms with E-state index in [9.17, 15) is 24.3 Å². The summed E-state index contributed by atoms with van der Waals surface area (Å²) in [6.45, 7) is 5.32. The van der Waals surface area contributed by atoms with E-state index < -0.39 is 24.0 Å². The van der Waals surface area contributed by atoms with Crippen molar-refractivity contribution >= 4 is 34.7 Å². The van der Waals surface area contributed by atoms with Gasteiger partial charge in [-0.3, -0.25) is 14.4 Å². The highest BCUT2D eigenvalue weighted by molar-refractivity contribution is 8.13. The molecule has 0 aromatic heterocycles. The first kappa shape index (κ1) is 26.9. The molecule has 1 saturated carbocycles. The molecule has 0 radical (unpaired) electrons. The third kappa shape index (κ3) is 9.20. The molecule has 3 N–H and O–H groups in total. The molecule has 1 aliphatic rings. The SMILES string of the molecule is CC(=O)SC[C@@H]1CCCC[C@H]1C(=O)N[C@@H](Cc1ccccc1)C(=O)N[C@@H](CC(C)C)C(=O)O. The fourth-order valence-corrected chi connectivity index (χ4v) is 5.13. The number of rotatable bonds is 11. The van der Waals surface area contributed by atoms with Gasteiger partial charge in [0.05, 0.1) is 0 Å². The third-order valence-corrected chi connectivity index (χ3v) is 6.99. The second-order valence-electron chi connectivity index (χ2n) is 9.23. The molecule has 1 aromatic rings. The number of hydrogen-bond acceptors (Lipinski definition) is 5. The van der Waals surface area contributed by atoms with Gasteiger partial charge in [-0.1, -0.05) is 68.8 Å². The van der Waals surface area contributed by atoms with Crippen LogP contribution in [0.25, 0.3) is 0 Å². The summed E-state index contributed by atoms with van der Waals surface area (Å²) in [5.74, 6) is -1.27. The molecule has 0 spiro atoms. The number of carbonyl (C=O) groups is 4. The minimum atomic E-state index is -1.09. The summed E-state index contributed by atoms with van der Waals surface area (Å²) in [6, 6.07) is 7.46. The normalized spacial score (nSPS) is 20.0. The summed E-state index contributed by atoms with van der Waals surface area (Å²) < 4.78 is 0. The van der Waals surface area contributed by atoms with Gasteiger partial charge in [0.25, 0.3) is 0 Å². The Labute approximate surface area is 200 Å². The molecule has 2 amide bonds. The average Bonchev–Trinajstić information content (AvgIpc) is 2.77. The van der Waals surface area contributed by atoms with Gasteiger partial charge in [0.15, 0.2) is 5.12 Å². The Morgan fingerprint density at radius 1 is 1.03 bits per heavy atom. The Bertz CT molecular complexity index is 814. The molecule has 1 aromatic carbocycles. The third-order valence-electron chi connectivity index (χ3n) is 5.98. The van der Waals surface area contributed by atoms with Crippen molar-refractivity contribution in [3.8, 4) is 0 Å². The van der Waals surface area contributed by atoms with E-state index in [-0.39, 0.29) is 35.2 Å². The van der Waals surface area contributed by atoms with Crippen molar-refractivity contribution in [3.05, 3.63) is 35.9 Å². The highest BCUT2D eigenvalue weighted by Crippen LogP contribution is 2.33. The van der Waals surface area contributed by atoms with Crippen LogP contribution in [0.15, 0.2) is 30.3 Å². The van der Waals surface area contributed by atoms with Crippen LogP contribution in [0.3, 0.4) is 0 Å². The number of carbonyl (C=O) groups excluding carboxylic acids is 3. The van der Waals surface area contributed by atoms with E-state index in [1.54, 1.807) is 0 Å². The lowest BCUT2D eigenvalue weighted by Gasteiger charge is -2.31. The van der Waals surface area contributed by atoms with Gasteiger partial charge in [-0.05, 0) is 36.7 Å². The van der Waals surface area contributed by atoms with Crippen LogP contribution in [0.5, 0.6) is 0 Å². The van der Waals surface area contributed by atoms with E-state index in [0.29, 0.717) is 12.2 Å². The second kappa shape index (κ2) is 13.4. The standard InChI is InChI=1S/C25H36N2O5S/c1-16(2)13-22(25(31)32)27-24(30)21(14-18-9-5-4-6-10-18)26-23(29)20-12-8-7-11-19(20)15-33-17(3)28/h4-6,9-10,16,19-22H,7-8,11-15H2,1-3H3,(H,26,29)(H,27,30)(H,31,32)/t19-,20+,21-,22-/m0/s1. The summed E-state index contributed by atoms with van der Waals surface area (Å²) in [4.78, 5) is 49.5. The zero-order valence-corrected chi connectivity index (χ0v) is 20.5. The lowest BCUT2D eigenvalue weighted by molar-refractivity contribution is -0.142.